The van der Waals surface area contributed by atoms with Gasteiger partial charge in [0.15, 0.2) is 4.80 Å². The molecule has 0 saturated heterocycles. The van der Waals surface area contributed by atoms with Gasteiger partial charge in [0.05, 0.1) is 32.4 Å². The molecule has 1 aliphatic rings. The molecule has 216 valence electrons. The lowest BCUT2D eigenvalue weighted by Gasteiger charge is -2.25. The monoisotopic (exact) mass is 666 g/mol. The van der Waals surface area contributed by atoms with E-state index in [1.54, 1.807) is 67.4 Å². The predicted octanol–water partition coefficient (Wildman–Crippen LogP) is 6.39. The Morgan fingerprint density at radius 2 is 1.90 bits per heavy atom. The van der Waals surface area contributed by atoms with Gasteiger partial charge in [-0.05, 0) is 90.5 Å². The Morgan fingerprint density at radius 1 is 1.17 bits per heavy atom. The van der Waals surface area contributed by atoms with E-state index in [4.69, 9.17) is 9.47 Å². The van der Waals surface area contributed by atoms with Gasteiger partial charge in [-0.1, -0.05) is 47.7 Å². The quantitative estimate of drug-likeness (QED) is 0.161. The van der Waals surface area contributed by atoms with Crippen LogP contribution in [-0.4, -0.2) is 22.9 Å². The highest BCUT2D eigenvalue weighted by atomic mass is 79.9. The van der Waals surface area contributed by atoms with Crippen LogP contribution in [0.1, 0.15) is 43.5 Å². The van der Waals surface area contributed by atoms with Crippen LogP contribution in [-0.2, 0) is 16.1 Å². The minimum Gasteiger partial charge on any atom is -0.488 e. The number of ether oxygens (including phenoxy) is 2. The number of allylic oxidation sites excluding steroid dienone is 1. The van der Waals surface area contributed by atoms with Gasteiger partial charge in [-0.2, -0.15) is 0 Å². The number of thioether (sulfide) groups is 1. The molecule has 0 bridgehead atoms. The van der Waals surface area contributed by atoms with Gasteiger partial charge in [0.25, 0.3) is 5.56 Å². The highest BCUT2D eigenvalue weighted by molar-refractivity contribution is 9.10. The van der Waals surface area contributed by atoms with Gasteiger partial charge in [-0.25, -0.2) is 14.2 Å². The number of hydrogen-bond donors (Lipinski definition) is 0. The molecule has 1 atom stereocenters. The zero-order valence-corrected chi connectivity index (χ0v) is 26.6. The minimum absolute atomic E-state index is 0.0854. The second kappa shape index (κ2) is 12.8. The summed E-state index contributed by atoms with van der Waals surface area (Å²) in [5.74, 6) is -0.265. The van der Waals surface area contributed by atoms with E-state index in [-0.39, 0.29) is 24.1 Å². The first kappa shape index (κ1) is 30.0. The van der Waals surface area contributed by atoms with Crippen molar-refractivity contribution in [1.29, 1.82) is 0 Å². The Morgan fingerprint density at radius 3 is 2.57 bits per heavy atom. The largest absolute Gasteiger partial charge is 0.488 e. The molecule has 0 fully saturated rings. The smallest absolute Gasteiger partial charge is 0.338 e. The summed E-state index contributed by atoms with van der Waals surface area (Å²) in [5.41, 5.74) is 2.63. The molecular weight excluding hydrogens is 639 g/mol. The SMILES string of the molecule is CSc1ccc([C@H]2C(C(=O)OC(C)C)=C(C)N=c3s/c(=C\c4ccc(OCc5ccccc5F)c(Br)c4)c(=O)n32)cc1. The number of rotatable bonds is 8. The Kier molecular flexibility index (Phi) is 9.15. The highest BCUT2D eigenvalue weighted by Crippen LogP contribution is 2.32. The third-order valence-electron chi connectivity index (χ3n) is 6.61. The van der Waals surface area contributed by atoms with E-state index in [0.717, 1.165) is 16.0 Å². The number of nitrogens with zero attached hydrogens (tertiary/aromatic N) is 2. The van der Waals surface area contributed by atoms with Gasteiger partial charge in [-0.3, -0.25) is 9.36 Å². The molecule has 0 unspecified atom stereocenters. The van der Waals surface area contributed by atoms with Gasteiger partial charge in [-0.15, -0.1) is 11.8 Å². The topological polar surface area (TPSA) is 69.9 Å². The minimum atomic E-state index is -0.675. The molecule has 1 aliphatic heterocycles. The van der Waals surface area contributed by atoms with Crippen LogP contribution >= 0.6 is 39.0 Å². The van der Waals surface area contributed by atoms with Gasteiger partial charge in [0.2, 0.25) is 0 Å². The van der Waals surface area contributed by atoms with E-state index >= 15 is 0 Å². The Bertz CT molecular complexity index is 1860. The maximum absolute atomic E-state index is 14.0. The molecule has 4 aromatic rings. The van der Waals surface area contributed by atoms with E-state index < -0.39 is 12.0 Å². The van der Waals surface area contributed by atoms with Gasteiger partial charge >= 0.3 is 5.97 Å². The van der Waals surface area contributed by atoms with Crippen LogP contribution in [0.5, 0.6) is 5.75 Å². The predicted molar refractivity (Wildman–Crippen MR) is 168 cm³/mol. The van der Waals surface area contributed by atoms with Crippen molar-refractivity contribution >= 4 is 51.1 Å². The second-order valence-corrected chi connectivity index (χ2v) is 12.6. The van der Waals surface area contributed by atoms with E-state index in [0.29, 0.717) is 36.4 Å². The molecule has 5 rings (SSSR count). The third-order valence-corrected chi connectivity index (χ3v) is 8.96. The van der Waals surface area contributed by atoms with Crippen molar-refractivity contribution in [3.8, 4) is 5.75 Å². The average Bonchev–Trinajstić information content (AvgIpc) is 3.26. The van der Waals surface area contributed by atoms with Crippen LogP contribution in [0.2, 0.25) is 0 Å². The van der Waals surface area contributed by atoms with Crippen LogP contribution in [0.4, 0.5) is 4.39 Å². The highest BCUT2D eigenvalue weighted by Gasteiger charge is 2.33. The zero-order valence-electron chi connectivity index (χ0n) is 23.4. The molecule has 0 spiro atoms. The first-order valence-electron chi connectivity index (χ1n) is 13.2. The van der Waals surface area contributed by atoms with Gasteiger partial charge < -0.3 is 9.47 Å². The second-order valence-electron chi connectivity index (χ2n) is 9.88. The first-order valence-corrected chi connectivity index (χ1v) is 16.0. The molecule has 0 aliphatic carbocycles. The van der Waals surface area contributed by atoms with Crippen molar-refractivity contribution in [3.63, 3.8) is 0 Å². The fourth-order valence-corrected chi connectivity index (χ4v) is 6.57. The summed E-state index contributed by atoms with van der Waals surface area (Å²) in [6.45, 7) is 5.44. The summed E-state index contributed by atoms with van der Waals surface area (Å²) >= 11 is 6.41. The van der Waals surface area contributed by atoms with Crippen molar-refractivity contribution in [3.05, 3.63) is 125 Å². The standard InChI is InChI=1S/C32H28BrFN2O4S2/c1-18(2)40-31(38)28-19(3)35-32-36(29(28)21-10-12-23(41-4)13-11-21)30(37)27(42-32)16-20-9-14-26(24(33)15-20)39-17-22-7-5-6-8-25(22)34/h5-16,18,29H,17H2,1-4H3/b27-16-/t29-/m0/s1. The molecule has 0 radical (unpaired) electrons. The third kappa shape index (κ3) is 6.30. The molecule has 42 heavy (non-hydrogen) atoms. The molecule has 3 aromatic carbocycles. The molecule has 0 amide bonds. The summed E-state index contributed by atoms with van der Waals surface area (Å²) in [6, 6.07) is 19.1. The lowest BCUT2D eigenvalue weighted by Crippen LogP contribution is -2.40. The maximum Gasteiger partial charge on any atom is 0.338 e. The van der Waals surface area contributed by atoms with E-state index in [1.165, 1.54) is 17.4 Å². The summed E-state index contributed by atoms with van der Waals surface area (Å²) in [4.78, 5) is 33.4. The molecular formula is C32H28BrFN2O4S2. The van der Waals surface area contributed by atoms with Crippen LogP contribution in [0.15, 0.2) is 97.2 Å². The Balaban J connectivity index is 1.53. The van der Waals surface area contributed by atoms with Crippen molar-refractivity contribution in [2.24, 2.45) is 4.99 Å². The zero-order chi connectivity index (χ0) is 30.0. The first-order chi connectivity index (χ1) is 20.2. The fraction of sp³-hybridized carbons (Fsp3) is 0.219. The van der Waals surface area contributed by atoms with E-state index in [9.17, 15) is 14.0 Å². The fourth-order valence-electron chi connectivity index (χ4n) is 4.61. The summed E-state index contributed by atoms with van der Waals surface area (Å²) in [6.07, 6.45) is 3.46. The van der Waals surface area contributed by atoms with Crippen LogP contribution in [0, 0.1) is 5.82 Å². The van der Waals surface area contributed by atoms with E-state index in [2.05, 4.69) is 20.9 Å². The number of hydrogen-bond acceptors (Lipinski definition) is 7. The average molecular weight is 668 g/mol. The van der Waals surface area contributed by atoms with E-state index in [1.807, 2.05) is 42.7 Å². The van der Waals surface area contributed by atoms with Crippen molar-refractivity contribution < 1.29 is 18.7 Å². The van der Waals surface area contributed by atoms with Crippen LogP contribution in [0.25, 0.3) is 6.08 Å². The number of fused-ring (bicyclic) bond motifs is 1. The molecule has 0 saturated carbocycles. The number of carbonyl (C=O) groups is 1. The molecule has 2 heterocycles. The maximum atomic E-state index is 14.0. The number of esters is 1. The lowest BCUT2D eigenvalue weighted by molar-refractivity contribution is -0.143. The molecule has 6 nitrogen and oxygen atoms in total. The number of carbonyl (C=O) groups excluding carboxylic acids is 1. The molecule has 10 heteroatoms. The van der Waals surface area contributed by atoms with Crippen molar-refractivity contribution in [1.82, 2.24) is 4.57 Å². The number of benzene rings is 3. The summed E-state index contributed by atoms with van der Waals surface area (Å²) in [5, 5.41) is 0. The van der Waals surface area contributed by atoms with Crippen molar-refractivity contribution in [2.45, 2.75) is 44.4 Å². The number of halogens is 2. The van der Waals surface area contributed by atoms with Crippen LogP contribution in [0.3, 0.4) is 0 Å². The molecule has 1 aromatic heterocycles. The van der Waals surface area contributed by atoms with Gasteiger partial charge in [0.1, 0.15) is 18.2 Å². The number of thiazole rings is 1. The Labute approximate surface area is 259 Å². The summed E-state index contributed by atoms with van der Waals surface area (Å²) in [7, 11) is 0. The van der Waals surface area contributed by atoms with Crippen LogP contribution < -0.4 is 19.6 Å². The van der Waals surface area contributed by atoms with Crippen molar-refractivity contribution in [2.75, 3.05) is 6.26 Å². The lowest BCUT2D eigenvalue weighted by atomic mass is 9.96. The Hall–Kier alpha value is -3.47. The normalized spacial score (nSPS) is 15.0. The molecule has 0 N–H and O–H groups in total. The number of aromatic nitrogens is 1. The van der Waals surface area contributed by atoms with Gasteiger partial charge in [0, 0.05) is 10.5 Å². The summed E-state index contributed by atoms with van der Waals surface area (Å²) < 4.78 is 28.1.